The number of guanidine groups is 1. The monoisotopic (exact) mass is 368 g/mol. The lowest BCUT2D eigenvalue weighted by molar-refractivity contribution is -0.133. The maximum absolute atomic E-state index is 11.7. The van der Waals surface area contributed by atoms with Gasteiger partial charge < -0.3 is 20.7 Å². The summed E-state index contributed by atoms with van der Waals surface area (Å²) in [5, 5.41) is 2.87. The van der Waals surface area contributed by atoms with Gasteiger partial charge in [-0.05, 0) is 6.92 Å². The normalized spacial score (nSPS) is 15.8. The van der Waals surface area contributed by atoms with E-state index in [1.54, 1.807) is 4.90 Å². The summed E-state index contributed by atoms with van der Waals surface area (Å²) in [4.78, 5) is 17.4. The van der Waals surface area contributed by atoms with E-state index in [4.69, 9.17) is 10.5 Å². The maximum atomic E-state index is 11.7. The van der Waals surface area contributed by atoms with E-state index >= 15 is 0 Å². The molecule has 0 unspecified atom stereocenters. The van der Waals surface area contributed by atoms with Crippen LogP contribution < -0.4 is 11.1 Å². The van der Waals surface area contributed by atoms with Crippen LogP contribution in [0.4, 0.5) is 0 Å². The second-order valence-corrected chi connectivity index (χ2v) is 4.01. The highest BCUT2D eigenvalue weighted by Crippen LogP contribution is 1.97. The number of rotatable bonds is 4. The third-order valence-electron chi connectivity index (χ3n) is 2.32. The zero-order valence-electron chi connectivity index (χ0n) is 10.6. The summed E-state index contributed by atoms with van der Waals surface area (Å²) in [5.41, 5.74) is 6.56. The lowest BCUT2D eigenvalue weighted by Gasteiger charge is -2.26. The maximum Gasteiger partial charge on any atom is 0.244 e. The minimum atomic E-state index is -0.0200. The Kier molecular flexibility index (Phi) is 8.73. The Labute approximate surface area is 125 Å². The number of hydrogen-bond donors (Lipinski definition) is 2. The first-order chi connectivity index (χ1) is 8.09. The number of nitrogens with zero attached hydrogens (tertiary/aromatic N) is 2. The van der Waals surface area contributed by atoms with Gasteiger partial charge in [0.1, 0.15) is 6.54 Å². The van der Waals surface area contributed by atoms with Crippen molar-refractivity contribution in [1.82, 2.24) is 10.2 Å². The molecule has 1 fully saturated rings. The van der Waals surface area contributed by atoms with Gasteiger partial charge in [-0.15, -0.1) is 24.0 Å². The van der Waals surface area contributed by atoms with E-state index in [0.29, 0.717) is 32.8 Å². The molecule has 7 heteroatoms. The van der Waals surface area contributed by atoms with E-state index in [0.717, 1.165) is 5.57 Å². The molecule has 0 aliphatic carbocycles. The average Bonchev–Trinajstić information content (AvgIpc) is 2.34. The molecule has 18 heavy (non-hydrogen) atoms. The predicted molar refractivity (Wildman–Crippen MR) is 82.1 cm³/mol. The van der Waals surface area contributed by atoms with E-state index in [2.05, 4.69) is 16.9 Å². The summed E-state index contributed by atoms with van der Waals surface area (Å²) in [6.45, 7) is 8.73. The highest BCUT2D eigenvalue weighted by Gasteiger charge is 2.15. The van der Waals surface area contributed by atoms with Crippen LogP contribution in [0.2, 0.25) is 0 Å². The molecule has 1 amide bonds. The lowest BCUT2D eigenvalue weighted by Crippen LogP contribution is -2.42. The second-order valence-electron chi connectivity index (χ2n) is 4.01. The molecule has 1 saturated heterocycles. The molecule has 1 aliphatic heterocycles. The first-order valence-electron chi connectivity index (χ1n) is 5.63. The fraction of sp³-hybridized carbons (Fsp3) is 0.636. The largest absolute Gasteiger partial charge is 0.378 e. The SMILES string of the molecule is C=C(C)CNC(N)=NCC(=O)N1CCOCC1.I. The number of halogens is 1. The summed E-state index contributed by atoms with van der Waals surface area (Å²) < 4.78 is 5.16. The number of carbonyl (C=O) groups excluding carboxylic acids is 1. The topological polar surface area (TPSA) is 79.9 Å². The predicted octanol–water partition coefficient (Wildman–Crippen LogP) is -0.0564. The molecule has 6 nitrogen and oxygen atoms in total. The van der Waals surface area contributed by atoms with Crippen LogP contribution in [0.3, 0.4) is 0 Å². The van der Waals surface area contributed by atoms with Crippen molar-refractivity contribution in [1.29, 1.82) is 0 Å². The molecule has 0 aromatic heterocycles. The van der Waals surface area contributed by atoms with Gasteiger partial charge in [0, 0.05) is 19.6 Å². The lowest BCUT2D eigenvalue weighted by atomic mass is 10.3. The Morgan fingerprint density at radius 3 is 2.67 bits per heavy atom. The first-order valence-corrected chi connectivity index (χ1v) is 5.63. The number of ether oxygens (including phenoxy) is 1. The molecule has 1 rings (SSSR count). The quantitative estimate of drug-likeness (QED) is 0.316. The standard InChI is InChI=1S/C11H20N4O2.HI/c1-9(2)7-13-11(12)14-8-10(16)15-3-5-17-6-4-15;/h1,3-8H2,2H3,(H3,12,13,14);1H. The minimum Gasteiger partial charge on any atom is -0.378 e. The van der Waals surface area contributed by atoms with Crippen molar-refractivity contribution in [2.75, 3.05) is 39.4 Å². The fourth-order valence-corrected chi connectivity index (χ4v) is 1.36. The molecule has 0 atom stereocenters. The van der Waals surface area contributed by atoms with Crippen molar-refractivity contribution >= 4 is 35.8 Å². The number of amides is 1. The summed E-state index contributed by atoms with van der Waals surface area (Å²) in [6.07, 6.45) is 0. The molecule has 0 aromatic rings. The number of nitrogens with one attached hydrogen (secondary N) is 1. The van der Waals surface area contributed by atoms with Gasteiger partial charge in [0.05, 0.1) is 13.2 Å². The van der Waals surface area contributed by atoms with Crippen LogP contribution in [0.1, 0.15) is 6.92 Å². The zero-order chi connectivity index (χ0) is 12.7. The van der Waals surface area contributed by atoms with Gasteiger partial charge in [-0.25, -0.2) is 4.99 Å². The van der Waals surface area contributed by atoms with Gasteiger partial charge in [0.15, 0.2) is 5.96 Å². The Hall–Kier alpha value is -0.830. The molecule has 3 N–H and O–H groups in total. The summed E-state index contributed by atoms with van der Waals surface area (Å²) in [6, 6.07) is 0. The Morgan fingerprint density at radius 2 is 2.11 bits per heavy atom. The number of morpholine rings is 1. The van der Waals surface area contributed by atoms with Crippen LogP contribution in [-0.4, -0.2) is 56.2 Å². The van der Waals surface area contributed by atoms with Crippen molar-refractivity contribution < 1.29 is 9.53 Å². The molecule has 0 bridgehead atoms. The third-order valence-corrected chi connectivity index (χ3v) is 2.32. The average molecular weight is 368 g/mol. The molecule has 0 saturated carbocycles. The van der Waals surface area contributed by atoms with E-state index in [1.165, 1.54) is 0 Å². The van der Waals surface area contributed by atoms with Crippen LogP contribution in [0, 0.1) is 0 Å². The van der Waals surface area contributed by atoms with E-state index in [1.807, 2.05) is 6.92 Å². The summed E-state index contributed by atoms with van der Waals surface area (Å²) >= 11 is 0. The molecule has 0 spiro atoms. The second kappa shape index (κ2) is 9.15. The van der Waals surface area contributed by atoms with E-state index in [9.17, 15) is 4.79 Å². The summed E-state index contributed by atoms with van der Waals surface area (Å²) in [5.74, 6) is 0.253. The Bertz CT molecular complexity index is 314. The van der Waals surface area contributed by atoms with Gasteiger partial charge in [0.2, 0.25) is 5.91 Å². The smallest absolute Gasteiger partial charge is 0.244 e. The first kappa shape index (κ1) is 17.2. The van der Waals surface area contributed by atoms with Gasteiger partial charge in [0.25, 0.3) is 0 Å². The fourth-order valence-electron chi connectivity index (χ4n) is 1.36. The van der Waals surface area contributed by atoms with Crippen molar-refractivity contribution in [2.24, 2.45) is 10.7 Å². The van der Waals surface area contributed by atoms with Crippen molar-refractivity contribution in [3.05, 3.63) is 12.2 Å². The van der Waals surface area contributed by atoms with Crippen LogP contribution in [-0.2, 0) is 9.53 Å². The minimum absolute atomic E-state index is 0. The molecular weight excluding hydrogens is 347 g/mol. The number of hydrogen-bond acceptors (Lipinski definition) is 3. The molecule has 1 heterocycles. The Morgan fingerprint density at radius 1 is 1.50 bits per heavy atom. The van der Waals surface area contributed by atoms with Crippen molar-refractivity contribution in [2.45, 2.75) is 6.92 Å². The van der Waals surface area contributed by atoms with Crippen LogP contribution in [0.5, 0.6) is 0 Å². The van der Waals surface area contributed by atoms with Crippen LogP contribution in [0.15, 0.2) is 17.1 Å². The van der Waals surface area contributed by atoms with Crippen molar-refractivity contribution in [3.63, 3.8) is 0 Å². The van der Waals surface area contributed by atoms with Gasteiger partial charge in [-0.3, -0.25) is 4.79 Å². The Balaban J connectivity index is 0.00000289. The van der Waals surface area contributed by atoms with Gasteiger partial charge in [-0.2, -0.15) is 0 Å². The number of carbonyl (C=O) groups is 1. The zero-order valence-corrected chi connectivity index (χ0v) is 13.0. The molecular formula is C11H21IN4O2. The molecule has 104 valence electrons. The van der Waals surface area contributed by atoms with Crippen LogP contribution >= 0.6 is 24.0 Å². The molecule has 0 aromatic carbocycles. The van der Waals surface area contributed by atoms with Crippen molar-refractivity contribution in [3.8, 4) is 0 Å². The van der Waals surface area contributed by atoms with Gasteiger partial charge >= 0.3 is 0 Å². The van der Waals surface area contributed by atoms with Gasteiger partial charge in [-0.1, -0.05) is 12.2 Å². The van der Waals surface area contributed by atoms with Crippen LogP contribution in [0.25, 0.3) is 0 Å². The number of aliphatic imine (C=N–C) groups is 1. The molecule has 0 radical (unpaired) electrons. The number of nitrogens with two attached hydrogens (primary N) is 1. The molecule has 1 aliphatic rings. The highest BCUT2D eigenvalue weighted by atomic mass is 127. The van der Waals surface area contributed by atoms with E-state index in [-0.39, 0.29) is 42.4 Å². The third kappa shape index (κ3) is 6.80. The van der Waals surface area contributed by atoms with E-state index < -0.39 is 0 Å². The highest BCUT2D eigenvalue weighted by molar-refractivity contribution is 14.0. The summed E-state index contributed by atoms with van der Waals surface area (Å²) in [7, 11) is 0.